The van der Waals surface area contributed by atoms with Crippen molar-refractivity contribution in [3.8, 4) is 0 Å². The molecule has 1 aliphatic heterocycles. The largest absolute Gasteiger partial charge is 0.376 e. The zero-order valence-corrected chi connectivity index (χ0v) is 9.46. The lowest BCUT2D eigenvalue weighted by Crippen LogP contribution is -2.28. The van der Waals surface area contributed by atoms with Crippen LogP contribution < -0.4 is 5.56 Å². The van der Waals surface area contributed by atoms with Gasteiger partial charge in [-0.1, -0.05) is 23.2 Å². The molecule has 1 aromatic rings. The molecule has 4 nitrogen and oxygen atoms in total. The van der Waals surface area contributed by atoms with Crippen LogP contribution in [0.15, 0.2) is 11.0 Å². The summed E-state index contributed by atoms with van der Waals surface area (Å²) in [5.74, 6) is 0. The van der Waals surface area contributed by atoms with Crippen LogP contribution in [0.4, 0.5) is 0 Å². The Labute approximate surface area is 96.7 Å². The van der Waals surface area contributed by atoms with E-state index >= 15 is 0 Å². The number of halogens is 2. The Balaban J connectivity index is 2.21. The van der Waals surface area contributed by atoms with E-state index in [9.17, 15) is 4.79 Å². The predicted molar refractivity (Wildman–Crippen MR) is 57.5 cm³/mol. The van der Waals surface area contributed by atoms with Gasteiger partial charge in [-0.15, -0.1) is 0 Å². The molecule has 6 heteroatoms. The highest BCUT2D eigenvalue weighted by atomic mass is 35.5. The molecule has 2 heterocycles. The zero-order valence-electron chi connectivity index (χ0n) is 7.95. The fourth-order valence-corrected chi connectivity index (χ4v) is 1.83. The number of nitrogens with zero attached hydrogens (tertiary/aromatic N) is 2. The van der Waals surface area contributed by atoms with Gasteiger partial charge < -0.3 is 4.74 Å². The second-order valence-corrected chi connectivity index (χ2v) is 4.21. The average molecular weight is 249 g/mol. The third-order valence-corrected chi connectivity index (χ3v) is 3.09. The molecule has 0 aromatic carbocycles. The van der Waals surface area contributed by atoms with Gasteiger partial charge in [-0.25, -0.2) is 4.68 Å². The van der Waals surface area contributed by atoms with Crippen molar-refractivity contribution in [1.29, 1.82) is 0 Å². The Morgan fingerprint density at radius 1 is 1.60 bits per heavy atom. The topological polar surface area (TPSA) is 44.1 Å². The van der Waals surface area contributed by atoms with Gasteiger partial charge in [-0.3, -0.25) is 4.79 Å². The molecule has 0 spiro atoms. The van der Waals surface area contributed by atoms with E-state index in [1.54, 1.807) is 0 Å². The van der Waals surface area contributed by atoms with Gasteiger partial charge in [0, 0.05) is 6.61 Å². The number of hydrogen-bond acceptors (Lipinski definition) is 3. The first-order valence-electron chi connectivity index (χ1n) is 4.71. The Morgan fingerprint density at radius 2 is 2.40 bits per heavy atom. The monoisotopic (exact) mass is 248 g/mol. The summed E-state index contributed by atoms with van der Waals surface area (Å²) in [6.45, 7) is 1.19. The molecule has 0 aliphatic carbocycles. The highest BCUT2D eigenvalue weighted by Crippen LogP contribution is 2.16. The van der Waals surface area contributed by atoms with Crippen molar-refractivity contribution in [1.82, 2.24) is 9.78 Å². The number of aromatic nitrogens is 2. The van der Waals surface area contributed by atoms with Crippen LogP contribution in [0.2, 0.25) is 10.0 Å². The van der Waals surface area contributed by atoms with Gasteiger partial charge in [0.15, 0.2) is 0 Å². The molecule has 1 aliphatic rings. The molecule has 1 atom stereocenters. The van der Waals surface area contributed by atoms with Gasteiger partial charge in [-0.05, 0) is 12.8 Å². The Kier molecular flexibility index (Phi) is 3.29. The van der Waals surface area contributed by atoms with Crippen molar-refractivity contribution in [2.45, 2.75) is 25.5 Å². The highest BCUT2D eigenvalue weighted by molar-refractivity contribution is 6.41. The molecule has 2 rings (SSSR count). The SMILES string of the molecule is O=c1c(Cl)c(Cl)cnn1CC1CCCO1. The minimum atomic E-state index is -0.361. The van der Waals surface area contributed by atoms with Crippen LogP contribution in [0, 0.1) is 0 Å². The van der Waals surface area contributed by atoms with E-state index in [1.165, 1.54) is 10.9 Å². The lowest BCUT2D eigenvalue weighted by atomic mass is 10.2. The summed E-state index contributed by atoms with van der Waals surface area (Å²) in [6.07, 6.45) is 3.42. The van der Waals surface area contributed by atoms with Gasteiger partial charge in [-0.2, -0.15) is 5.10 Å². The maximum atomic E-state index is 11.6. The van der Waals surface area contributed by atoms with Gasteiger partial charge >= 0.3 is 0 Å². The smallest absolute Gasteiger partial charge is 0.287 e. The molecule has 1 unspecified atom stereocenters. The van der Waals surface area contributed by atoms with Gasteiger partial charge in [0.05, 0.1) is 23.9 Å². The summed E-state index contributed by atoms with van der Waals surface area (Å²) in [4.78, 5) is 11.6. The minimum Gasteiger partial charge on any atom is -0.376 e. The maximum Gasteiger partial charge on any atom is 0.287 e. The van der Waals surface area contributed by atoms with Crippen LogP contribution in [0.3, 0.4) is 0 Å². The van der Waals surface area contributed by atoms with E-state index in [2.05, 4.69) is 5.10 Å². The van der Waals surface area contributed by atoms with Crippen molar-refractivity contribution >= 4 is 23.2 Å². The third-order valence-electron chi connectivity index (χ3n) is 2.34. The Morgan fingerprint density at radius 3 is 3.07 bits per heavy atom. The molecular formula is C9H10Cl2N2O2. The standard InChI is InChI=1S/C9H10Cl2N2O2/c10-7-4-12-13(9(14)8(7)11)5-6-2-1-3-15-6/h4,6H,1-3,5H2. The van der Waals surface area contributed by atoms with E-state index in [4.69, 9.17) is 27.9 Å². The Hall–Kier alpha value is -0.580. The number of rotatable bonds is 2. The maximum absolute atomic E-state index is 11.6. The van der Waals surface area contributed by atoms with E-state index in [0.717, 1.165) is 19.4 Å². The second kappa shape index (κ2) is 4.51. The summed E-state index contributed by atoms with van der Waals surface area (Å²) in [5, 5.41) is 4.11. The van der Waals surface area contributed by atoms with Crippen LogP contribution in [-0.2, 0) is 11.3 Å². The quantitative estimate of drug-likeness (QED) is 0.801. The van der Waals surface area contributed by atoms with E-state index in [1.807, 2.05) is 0 Å². The van der Waals surface area contributed by atoms with Gasteiger partial charge in [0.2, 0.25) is 0 Å². The van der Waals surface area contributed by atoms with Gasteiger partial charge in [0.1, 0.15) is 5.02 Å². The molecule has 0 radical (unpaired) electrons. The molecule has 1 aromatic heterocycles. The third kappa shape index (κ3) is 2.33. The first-order chi connectivity index (χ1) is 7.18. The summed E-state index contributed by atoms with van der Waals surface area (Å²) < 4.78 is 6.70. The molecule has 1 fully saturated rings. The van der Waals surface area contributed by atoms with E-state index in [0.29, 0.717) is 6.54 Å². The van der Waals surface area contributed by atoms with E-state index < -0.39 is 0 Å². The van der Waals surface area contributed by atoms with Crippen LogP contribution in [0.25, 0.3) is 0 Å². The summed E-state index contributed by atoms with van der Waals surface area (Å²) in [6, 6.07) is 0. The van der Waals surface area contributed by atoms with Gasteiger partial charge in [0.25, 0.3) is 5.56 Å². The summed E-state index contributed by atoms with van der Waals surface area (Å²) in [5.41, 5.74) is -0.361. The van der Waals surface area contributed by atoms with Crippen LogP contribution in [0.5, 0.6) is 0 Å². The number of hydrogen-bond donors (Lipinski definition) is 0. The summed E-state index contributed by atoms with van der Waals surface area (Å²) >= 11 is 11.4. The minimum absolute atomic E-state index is 0.0182. The van der Waals surface area contributed by atoms with Crippen LogP contribution >= 0.6 is 23.2 Å². The normalized spacial score (nSPS) is 20.8. The molecule has 0 bridgehead atoms. The predicted octanol–water partition coefficient (Wildman–Crippen LogP) is 1.73. The Bertz CT molecular complexity index is 413. The van der Waals surface area contributed by atoms with Crippen LogP contribution in [0.1, 0.15) is 12.8 Å². The summed E-state index contributed by atoms with van der Waals surface area (Å²) in [7, 11) is 0. The molecule has 0 saturated carbocycles. The zero-order chi connectivity index (χ0) is 10.8. The molecule has 0 N–H and O–H groups in total. The molecule has 82 valence electrons. The lowest BCUT2D eigenvalue weighted by molar-refractivity contribution is 0.0927. The van der Waals surface area contributed by atoms with Crippen molar-refractivity contribution in [2.75, 3.05) is 6.61 Å². The fourth-order valence-electron chi connectivity index (χ4n) is 1.56. The molecule has 15 heavy (non-hydrogen) atoms. The highest BCUT2D eigenvalue weighted by Gasteiger charge is 2.18. The van der Waals surface area contributed by atoms with E-state index in [-0.39, 0.29) is 21.7 Å². The first-order valence-corrected chi connectivity index (χ1v) is 5.47. The number of ether oxygens (including phenoxy) is 1. The van der Waals surface area contributed by atoms with Crippen molar-refractivity contribution in [3.05, 3.63) is 26.6 Å². The average Bonchev–Trinajstić information content (AvgIpc) is 2.72. The molecule has 1 saturated heterocycles. The van der Waals surface area contributed by atoms with Crippen LogP contribution in [-0.4, -0.2) is 22.5 Å². The first kappa shape index (κ1) is 10.9. The molecule has 0 amide bonds. The van der Waals surface area contributed by atoms with Crippen molar-refractivity contribution in [2.24, 2.45) is 0 Å². The van der Waals surface area contributed by atoms with Crippen molar-refractivity contribution in [3.63, 3.8) is 0 Å². The van der Waals surface area contributed by atoms with Crippen molar-refractivity contribution < 1.29 is 4.74 Å². The second-order valence-electron chi connectivity index (χ2n) is 3.43. The molecular weight excluding hydrogens is 239 g/mol. The lowest BCUT2D eigenvalue weighted by Gasteiger charge is -2.10. The fraction of sp³-hybridized carbons (Fsp3) is 0.556.